The molecule has 0 saturated carbocycles. The van der Waals surface area contributed by atoms with Gasteiger partial charge in [-0.25, -0.2) is 4.79 Å². The summed E-state index contributed by atoms with van der Waals surface area (Å²) in [4.78, 5) is 20.9. The Morgan fingerprint density at radius 1 is 1.19 bits per heavy atom. The van der Waals surface area contributed by atoms with Gasteiger partial charge in [-0.1, -0.05) is 6.07 Å². The lowest BCUT2D eigenvalue weighted by Gasteiger charge is -2.34. The Bertz CT molecular complexity index is 725. The van der Waals surface area contributed by atoms with Gasteiger partial charge in [0.25, 0.3) is 0 Å². The fourth-order valence-electron chi connectivity index (χ4n) is 3.90. The molecule has 4 rings (SSSR count). The molecule has 2 aromatic rings. The number of likely N-dealkylation sites (tertiary alicyclic amines) is 1. The third-order valence-electron chi connectivity index (χ3n) is 5.21. The molecule has 1 fully saturated rings. The maximum atomic E-state index is 12.2. The molecule has 0 radical (unpaired) electrons. The first-order chi connectivity index (χ1) is 12.8. The van der Waals surface area contributed by atoms with Gasteiger partial charge in [0.1, 0.15) is 0 Å². The number of carbonyl (C=O) groups excluding carboxylic acids is 1. The Morgan fingerprint density at radius 2 is 2.08 bits per heavy atom. The summed E-state index contributed by atoms with van der Waals surface area (Å²) in [5.74, 6) is 0. The number of hydrogen-bond donors (Lipinski definition) is 1. The van der Waals surface area contributed by atoms with Crippen LogP contribution in [0.4, 0.5) is 4.79 Å². The Kier molecular flexibility index (Phi) is 5.15. The predicted molar refractivity (Wildman–Crippen MR) is 98.4 cm³/mol. The monoisotopic (exact) mass is 354 g/mol. The van der Waals surface area contributed by atoms with Crippen molar-refractivity contribution in [1.29, 1.82) is 0 Å². The number of urea groups is 1. The second kappa shape index (κ2) is 7.86. The van der Waals surface area contributed by atoms with E-state index in [9.17, 15) is 4.79 Å². The highest BCUT2D eigenvalue weighted by Gasteiger charge is 2.26. The molecule has 26 heavy (non-hydrogen) atoms. The molecule has 1 unspecified atom stereocenters. The molecule has 7 nitrogen and oxygen atoms in total. The predicted octanol–water partition coefficient (Wildman–Crippen LogP) is 2.03. The van der Waals surface area contributed by atoms with E-state index in [0.29, 0.717) is 6.54 Å². The summed E-state index contributed by atoms with van der Waals surface area (Å²) >= 11 is 0. The van der Waals surface area contributed by atoms with Gasteiger partial charge in [0.05, 0.1) is 17.4 Å². The molecule has 2 amide bonds. The van der Waals surface area contributed by atoms with Gasteiger partial charge in [0.15, 0.2) is 0 Å². The van der Waals surface area contributed by atoms with E-state index in [0.717, 1.165) is 57.7 Å². The summed E-state index contributed by atoms with van der Waals surface area (Å²) in [7, 11) is 0. The second-order valence-electron chi connectivity index (χ2n) is 7.13. The molecule has 0 bridgehead atoms. The summed E-state index contributed by atoms with van der Waals surface area (Å²) in [5.41, 5.74) is 2.31. The van der Waals surface area contributed by atoms with Crippen LogP contribution < -0.4 is 5.32 Å². The molecule has 0 aliphatic carbocycles. The number of fused-ring (bicyclic) bond motifs is 1. The standard InChI is InChI=1S/C19H26N6O/c26-19(24-11-3-4-12-24)21-9-6-17-14-23(13-16-5-1-2-8-20-16)15-18-7-10-22-25(17)18/h1-2,5,7-8,10,17H,3-4,6,9,11-15H2,(H,21,26). The minimum atomic E-state index is 0.0735. The molecule has 2 aromatic heterocycles. The number of carbonyl (C=O) groups is 1. The van der Waals surface area contributed by atoms with Crippen LogP contribution in [-0.4, -0.2) is 56.8 Å². The number of pyridine rings is 1. The van der Waals surface area contributed by atoms with Crippen molar-refractivity contribution in [2.24, 2.45) is 0 Å². The SMILES string of the molecule is O=C(NCCC1CN(Cc2ccccn2)Cc2ccnn21)N1CCCC1. The number of rotatable bonds is 5. The van der Waals surface area contributed by atoms with E-state index in [1.165, 1.54) is 5.69 Å². The summed E-state index contributed by atoms with van der Waals surface area (Å²) < 4.78 is 2.12. The molecule has 138 valence electrons. The van der Waals surface area contributed by atoms with Crippen molar-refractivity contribution in [1.82, 2.24) is 29.9 Å². The third kappa shape index (κ3) is 3.88. The van der Waals surface area contributed by atoms with Gasteiger partial charge in [-0.2, -0.15) is 5.10 Å². The summed E-state index contributed by atoms with van der Waals surface area (Å²) in [6.45, 7) is 5.09. The third-order valence-corrected chi connectivity index (χ3v) is 5.21. The van der Waals surface area contributed by atoms with Gasteiger partial charge in [-0.15, -0.1) is 0 Å². The van der Waals surface area contributed by atoms with Gasteiger partial charge in [-0.05, 0) is 37.5 Å². The van der Waals surface area contributed by atoms with Gasteiger partial charge >= 0.3 is 6.03 Å². The highest BCUT2D eigenvalue weighted by atomic mass is 16.2. The fourth-order valence-corrected chi connectivity index (χ4v) is 3.90. The molecule has 4 heterocycles. The van der Waals surface area contributed by atoms with Gasteiger partial charge in [-0.3, -0.25) is 14.6 Å². The van der Waals surface area contributed by atoms with Crippen LogP contribution >= 0.6 is 0 Å². The fraction of sp³-hybridized carbons (Fsp3) is 0.526. The van der Waals surface area contributed by atoms with Crippen LogP contribution in [0, 0.1) is 0 Å². The summed E-state index contributed by atoms with van der Waals surface area (Å²) in [6.07, 6.45) is 6.83. The normalized spacial score (nSPS) is 20.2. The van der Waals surface area contributed by atoms with E-state index in [4.69, 9.17) is 0 Å². The first-order valence-electron chi connectivity index (χ1n) is 9.47. The van der Waals surface area contributed by atoms with Gasteiger partial charge in [0, 0.05) is 51.7 Å². The van der Waals surface area contributed by atoms with E-state index >= 15 is 0 Å². The Morgan fingerprint density at radius 3 is 2.88 bits per heavy atom. The van der Waals surface area contributed by atoms with E-state index in [-0.39, 0.29) is 12.1 Å². The van der Waals surface area contributed by atoms with Crippen molar-refractivity contribution in [2.75, 3.05) is 26.2 Å². The highest BCUT2D eigenvalue weighted by molar-refractivity contribution is 5.74. The van der Waals surface area contributed by atoms with Crippen molar-refractivity contribution in [2.45, 2.75) is 38.4 Å². The van der Waals surface area contributed by atoms with Crippen molar-refractivity contribution in [3.8, 4) is 0 Å². The second-order valence-corrected chi connectivity index (χ2v) is 7.13. The zero-order valence-corrected chi connectivity index (χ0v) is 15.0. The zero-order chi connectivity index (χ0) is 17.8. The first kappa shape index (κ1) is 17.0. The molecule has 1 saturated heterocycles. The molecule has 0 aromatic carbocycles. The minimum absolute atomic E-state index is 0.0735. The smallest absolute Gasteiger partial charge is 0.317 e. The Hall–Kier alpha value is -2.41. The summed E-state index contributed by atoms with van der Waals surface area (Å²) in [6, 6.07) is 8.47. The van der Waals surface area contributed by atoms with Crippen LogP contribution in [0.2, 0.25) is 0 Å². The number of nitrogens with one attached hydrogen (secondary N) is 1. The number of aromatic nitrogens is 3. The highest BCUT2D eigenvalue weighted by Crippen LogP contribution is 2.23. The van der Waals surface area contributed by atoms with E-state index in [2.05, 4.69) is 37.1 Å². The van der Waals surface area contributed by atoms with Crippen molar-refractivity contribution in [3.05, 3.63) is 48.0 Å². The maximum absolute atomic E-state index is 12.2. The lowest BCUT2D eigenvalue weighted by Crippen LogP contribution is -2.41. The molecular formula is C19H26N6O. The number of amides is 2. The van der Waals surface area contributed by atoms with Crippen molar-refractivity contribution in [3.63, 3.8) is 0 Å². The van der Waals surface area contributed by atoms with Crippen LogP contribution in [0.25, 0.3) is 0 Å². The lowest BCUT2D eigenvalue weighted by atomic mass is 10.1. The average Bonchev–Trinajstić information content (AvgIpc) is 3.34. The minimum Gasteiger partial charge on any atom is -0.338 e. The van der Waals surface area contributed by atoms with E-state index in [1.807, 2.05) is 29.4 Å². The van der Waals surface area contributed by atoms with Crippen molar-refractivity contribution >= 4 is 6.03 Å². The topological polar surface area (TPSA) is 66.3 Å². The van der Waals surface area contributed by atoms with E-state index in [1.54, 1.807) is 0 Å². The van der Waals surface area contributed by atoms with Crippen molar-refractivity contribution < 1.29 is 4.79 Å². The Labute approximate surface area is 154 Å². The van der Waals surface area contributed by atoms with Crippen LogP contribution in [0.15, 0.2) is 36.7 Å². The molecule has 7 heteroatoms. The quantitative estimate of drug-likeness (QED) is 0.892. The molecule has 0 spiro atoms. The van der Waals surface area contributed by atoms with Gasteiger partial charge in [0.2, 0.25) is 0 Å². The van der Waals surface area contributed by atoms with Crippen LogP contribution in [-0.2, 0) is 13.1 Å². The number of hydrogen-bond acceptors (Lipinski definition) is 4. The maximum Gasteiger partial charge on any atom is 0.317 e. The largest absolute Gasteiger partial charge is 0.338 e. The first-order valence-corrected chi connectivity index (χ1v) is 9.47. The molecular weight excluding hydrogens is 328 g/mol. The molecule has 2 aliphatic rings. The summed E-state index contributed by atoms with van der Waals surface area (Å²) in [5, 5.41) is 7.58. The number of nitrogens with zero attached hydrogens (tertiary/aromatic N) is 5. The molecule has 1 atom stereocenters. The zero-order valence-electron chi connectivity index (χ0n) is 15.0. The molecule has 1 N–H and O–H groups in total. The lowest BCUT2D eigenvalue weighted by molar-refractivity contribution is 0.158. The van der Waals surface area contributed by atoms with E-state index < -0.39 is 0 Å². The Balaban J connectivity index is 1.35. The van der Waals surface area contributed by atoms with Crippen LogP contribution in [0.1, 0.15) is 36.7 Å². The van der Waals surface area contributed by atoms with Crippen LogP contribution in [0.5, 0.6) is 0 Å². The van der Waals surface area contributed by atoms with Crippen LogP contribution in [0.3, 0.4) is 0 Å². The van der Waals surface area contributed by atoms with Gasteiger partial charge < -0.3 is 10.2 Å². The average molecular weight is 354 g/mol. The molecule has 2 aliphatic heterocycles.